The summed E-state index contributed by atoms with van der Waals surface area (Å²) in [6, 6.07) is 12.9. The summed E-state index contributed by atoms with van der Waals surface area (Å²) < 4.78 is 42.3. The number of ether oxygens (including phenoxy) is 1. The van der Waals surface area contributed by atoms with Crippen LogP contribution in [0.15, 0.2) is 63.2 Å². The van der Waals surface area contributed by atoms with Gasteiger partial charge in [-0.2, -0.15) is 0 Å². The topological polar surface area (TPSA) is 72.4 Å². The molecule has 6 nitrogen and oxygen atoms in total. The molecular weight excluding hydrogens is 441 g/mol. The van der Waals surface area contributed by atoms with E-state index in [-0.39, 0.29) is 11.7 Å². The Kier molecular flexibility index (Phi) is 4.45. The normalized spacial score (nSPS) is 21.5. The number of rotatable bonds is 3. The first-order chi connectivity index (χ1) is 13.3. The van der Waals surface area contributed by atoms with E-state index in [2.05, 4.69) is 30.8 Å². The summed E-state index contributed by atoms with van der Waals surface area (Å²) in [5.41, 5.74) is 6.31. The maximum atomic E-state index is 12.5. The van der Waals surface area contributed by atoms with Gasteiger partial charge in [0.2, 0.25) is 0 Å². The minimum Gasteiger partial charge on any atom is -0.406 e. The molecule has 2 heterocycles. The number of aliphatic imine (C=N–C) groups is 1. The molecule has 2 aromatic carbocycles. The van der Waals surface area contributed by atoms with Gasteiger partial charge in [0.25, 0.3) is 0 Å². The van der Waals surface area contributed by atoms with Crippen molar-refractivity contribution in [2.24, 2.45) is 15.9 Å². The molecule has 0 bridgehead atoms. The van der Waals surface area contributed by atoms with Gasteiger partial charge in [0.15, 0.2) is 17.3 Å². The van der Waals surface area contributed by atoms with Crippen molar-refractivity contribution >= 4 is 27.7 Å². The Bertz CT molecular complexity index is 962. The first kappa shape index (κ1) is 18.6. The first-order valence-electron chi connectivity index (χ1n) is 8.25. The minimum atomic E-state index is -4.77. The molecule has 1 unspecified atom stereocenters. The maximum absolute atomic E-state index is 12.5. The molecule has 0 spiro atoms. The van der Waals surface area contributed by atoms with E-state index in [1.54, 1.807) is 4.90 Å². The Morgan fingerprint density at radius 2 is 1.89 bits per heavy atom. The molecule has 146 valence electrons. The average molecular weight is 455 g/mol. The summed E-state index contributed by atoms with van der Waals surface area (Å²) >= 11 is 3.44. The third-order valence-electron chi connectivity index (χ3n) is 4.44. The van der Waals surface area contributed by atoms with Gasteiger partial charge in [-0.1, -0.05) is 45.4 Å². The van der Waals surface area contributed by atoms with Crippen LogP contribution in [0.5, 0.6) is 5.75 Å². The largest absolute Gasteiger partial charge is 0.573 e. The van der Waals surface area contributed by atoms with Crippen molar-refractivity contribution in [2.75, 3.05) is 13.2 Å². The number of nitrogens with zero attached hydrogens (tertiary/aromatic N) is 3. The summed E-state index contributed by atoms with van der Waals surface area (Å²) in [4.78, 5) is 11.7. The van der Waals surface area contributed by atoms with Gasteiger partial charge in [0.1, 0.15) is 12.4 Å². The van der Waals surface area contributed by atoms with E-state index in [0.717, 1.165) is 10.0 Å². The Balaban J connectivity index is 1.87. The summed E-state index contributed by atoms with van der Waals surface area (Å²) in [5.74, 6) is 0.394. The Hall–Kier alpha value is -2.75. The quantitative estimate of drug-likeness (QED) is 0.769. The van der Waals surface area contributed by atoms with Gasteiger partial charge in [-0.25, -0.2) is 4.99 Å². The summed E-state index contributed by atoms with van der Waals surface area (Å²) in [6.45, 7) is 0.825. The van der Waals surface area contributed by atoms with Crippen LogP contribution in [0.25, 0.3) is 0 Å². The van der Waals surface area contributed by atoms with Crippen LogP contribution >= 0.6 is 15.9 Å². The Morgan fingerprint density at radius 1 is 1.14 bits per heavy atom. The van der Waals surface area contributed by atoms with Crippen molar-refractivity contribution in [1.29, 1.82) is 0 Å². The number of benzene rings is 2. The number of guanidine groups is 1. The lowest BCUT2D eigenvalue weighted by Crippen LogP contribution is -2.47. The zero-order valence-electron chi connectivity index (χ0n) is 14.3. The molecule has 0 radical (unpaired) electrons. The van der Waals surface area contributed by atoms with Gasteiger partial charge in [0.05, 0.1) is 6.54 Å². The molecule has 2 aliphatic rings. The highest BCUT2D eigenvalue weighted by Gasteiger charge is 2.50. The zero-order valence-corrected chi connectivity index (χ0v) is 15.9. The van der Waals surface area contributed by atoms with E-state index in [4.69, 9.17) is 10.6 Å². The molecule has 2 aromatic rings. The molecule has 0 aliphatic carbocycles. The van der Waals surface area contributed by atoms with Crippen LogP contribution in [0.2, 0.25) is 0 Å². The zero-order chi connectivity index (χ0) is 19.9. The third kappa shape index (κ3) is 3.17. The highest BCUT2D eigenvalue weighted by molar-refractivity contribution is 9.10. The SMILES string of the molecule is NC1=NC(c2ccc(OC(F)(F)F)cc2)(c2cccc(Br)c2)C2=NOCCN12. The van der Waals surface area contributed by atoms with Crippen molar-refractivity contribution in [3.8, 4) is 5.75 Å². The van der Waals surface area contributed by atoms with E-state index < -0.39 is 11.9 Å². The summed E-state index contributed by atoms with van der Waals surface area (Å²) in [5, 5.41) is 4.18. The average Bonchev–Trinajstić information content (AvgIpc) is 2.95. The number of amidine groups is 1. The predicted octanol–water partition coefficient (Wildman–Crippen LogP) is 3.57. The molecule has 1 atom stereocenters. The predicted molar refractivity (Wildman–Crippen MR) is 99.8 cm³/mol. The van der Waals surface area contributed by atoms with E-state index in [0.29, 0.717) is 24.6 Å². The molecule has 0 saturated carbocycles. The van der Waals surface area contributed by atoms with Crippen LogP contribution in [0, 0.1) is 0 Å². The molecule has 2 N–H and O–H groups in total. The summed E-state index contributed by atoms with van der Waals surface area (Å²) in [7, 11) is 0. The van der Waals surface area contributed by atoms with Crippen molar-refractivity contribution in [2.45, 2.75) is 11.9 Å². The van der Waals surface area contributed by atoms with Crippen LogP contribution < -0.4 is 10.5 Å². The minimum absolute atomic E-state index is 0.262. The molecule has 0 fully saturated rings. The van der Waals surface area contributed by atoms with Gasteiger partial charge in [-0.3, -0.25) is 4.90 Å². The highest BCUT2D eigenvalue weighted by atomic mass is 79.9. The molecule has 4 rings (SSSR count). The van der Waals surface area contributed by atoms with Crippen molar-refractivity contribution in [3.05, 3.63) is 64.1 Å². The fourth-order valence-electron chi connectivity index (χ4n) is 3.33. The first-order valence-corrected chi connectivity index (χ1v) is 9.04. The number of oxime groups is 1. The lowest BCUT2D eigenvalue weighted by atomic mass is 9.82. The van der Waals surface area contributed by atoms with E-state index >= 15 is 0 Å². The van der Waals surface area contributed by atoms with E-state index in [1.165, 1.54) is 24.3 Å². The van der Waals surface area contributed by atoms with Crippen LogP contribution in [-0.4, -0.2) is 36.2 Å². The van der Waals surface area contributed by atoms with Gasteiger partial charge >= 0.3 is 6.36 Å². The second-order valence-corrected chi connectivity index (χ2v) is 7.08. The Labute approximate surface area is 166 Å². The Morgan fingerprint density at radius 3 is 2.57 bits per heavy atom. The monoisotopic (exact) mass is 454 g/mol. The van der Waals surface area contributed by atoms with Crippen molar-refractivity contribution in [3.63, 3.8) is 0 Å². The molecular formula is C18H14BrF3N4O2. The lowest BCUT2D eigenvalue weighted by molar-refractivity contribution is -0.274. The van der Waals surface area contributed by atoms with Crippen molar-refractivity contribution in [1.82, 2.24) is 4.90 Å². The number of hydrogen-bond donors (Lipinski definition) is 1. The molecule has 2 aliphatic heterocycles. The second-order valence-electron chi connectivity index (χ2n) is 6.16. The smallest absolute Gasteiger partial charge is 0.406 e. The molecule has 10 heteroatoms. The fraction of sp³-hybridized carbons (Fsp3) is 0.222. The van der Waals surface area contributed by atoms with Crippen LogP contribution in [0.4, 0.5) is 13.2 Å². The summed E-state index contributed by atoms with van der Waals surface area (Å²) in [6.07, 6.45) is -4.77. The fourth-order valence-corrected chi connectivity index (χ4v) is 3.73. The van der Waals surface area contributed by atoms with Gasteiger partial charge in [0, 0.05) is 4.47 Å². The number of nitrogens with two attached hydrogens (primary N) is 1. The van der Waals surface area contributed by atoms with E-state index in [9.17, 15) is 13.2 Å². The van der Waals surface area contributed by atoms with Gasteiger partial charge < -0.3 is 15.3 Å². The molecule has 28 heavy (non-hydrogen) atoms. The second kappa shape index (κ2) is 6.69. The maximum Gasteiger partial charge on any atom is 0.573 e. The standard InChI is InChI=1S/C18H14BrF3N4O2/c19-13-3-1-2-12(10-13)17(15-25-27-9-8-26(15)16(23)24-17)11-4-6-14(7-5-11)28-18(20,21)22/h1-7,10H,8-9H2,(H2,23,24). The van der Waals surface area contributed by atoms with Crippen molar-refractivity contribution < 1.29 is 22.7 Å². The lowest BCUT2D eigenvalue weighted by Gasteiger charge is -2.32. The van der Waals surface area contributed by atoms with Crippen LogP contribution in [0.1, 0.15) is 11.1 Å². The molecule has 0 amide bonds. The van der Waals surface area contributed by atoms with Gasteiger partial charge in [-0.05, 0) is 35.4 Å². The molecule has 0 aromatic heterocycles. The van der Waals surface area contributed by atoms with Crippen LogP contribution in [-0.2, 0) is 10.4 Å². The van der Waals surface area contributed by atoms with Gasteiger partial charge in [-0.15, -0.1) is 13.2 Å². The number of alkyl halides is 3. The number of hydrogen-bond acceptors (Lipinski definition) is 6. The van der Waals surface area contributed by atoms with Crippen LogP contribution in [0.3, 0.4) is 0 Å². The molecule has 0 saturated heterocycles. The number of halogens is 4. The number of fused-ring (bicyclic) bond motifs is 1. The highest BCUT2D eigenvalue weighted by Crippen LogP contribution is 2.42. The van der Waals surface area contributed by atoms with E-state index in [1.807, 2.05) is 24.3 Å². The third-order valence-corrected chi connectivity index (χ3v) is 4.94.